The first-order valence-electron chi connectivity index (χ1n) is 5.86. The summed E-state index contributed by atoms with van der Waals surface area (Å²) in [6.45, 7) is 2.02. The molecule has 2 rings (SSSR count). The van der Waals surface area contributed by atoms with Crippen molar-refractivity contribution in [1.29, 1.82) is 0 Å². The normalized spacial score (nSPS) is 10.3. The van der Waals surface area contributed by atoms with Gasteiger partial charge in [0.05, 0.1) is 18.2 Å². The highest BCUT2D eigenvalue weighted by atomic mass is 79.9. The second-order valence-electron chi connectivity index (χ2n) is 3.77. The molecule has 0 radical (unpaired) electrons. The smallest absolute Gasteiger partial charge is 0.341 e. The molecule has 0 atom stereocenters. The third-order valence-electron chi connectivity index (χ3n) is 2.45. The van der Waals surface area contributed by atoms with Gasteiger partial charge in [0.1, 0.15) is 11.3 Å². The molecule has 0 fully saturated rings. The molecule has 2 aromatic heterocycles. The zero-order valence-electron chi connectivity index (χ0n) is 10.6. The van der Waals surface area contributed by atoms with Crippen molar-refractivity contribution in [3.8, 4) is 11.5 Å². The highest BCUT2D eigenvalue weighted by Gasteiger charge is 2.16. The molecule has 2 aromatic rings. The summed E-state index contributed by atoms with van der Waals surface area (Å²) in [5.41, 5.74) is 1.32. The van der Waals surface area contributed by atoms with Gasteiger partial charge in [-0.05, 0) is 35.0 Å². The van der Waals surface area contributed by atoms with Crippen LogP contribution in [0, 0.1) is 0 Å². The number of nitrogens with zero attached hydrogens (tertiary/aromatic N) is 3. The average Bonchev–Trinajstić information content (AvgIpc) is 2.47. The molecular formula is C13H11BrClN3O2. The minimum atomic E-state index is -0.474. The van der Waals surface area contributed by atoms with E-state index in [0.717, 1.165) is 4.47 Å². The minimum absolute atomic E-state index is 0.0974. The van der Waals surface area contributed by atoms with Gasteiger partial charge in [0.15, 0.2) is 5.82 Å². The predicted octanol–water partition coefficient (Wildman–Crippen LogP) is 3.22. The molecule has 0 aliphatic carbocycles. The molecule has 0 saturated carbocycles. The number of carbonyl (C=O) groups is 1. The fourth-order valence-electron chi connectivity index (χ4n) is 1.53. The van der Waals surface area contributed by atoms with Crippen molar-refractivity contribution in [2.75, 3.05) is 6.61 Å². The SMILES string of the molecule is CCOC(=O)c1cnc(-c2ccc(Br)cn2)nc1CCl. The first-order valence-corrected chi connectivity index (χ1v) is 7.19. The molecular weight excluding hydrogens is 346 g/mol. The van der Waals surface area contributed by atoms with Crippen molar-refractivity contribution in [3.05, 3.63) is 40.3 Å². The lowest BCUT2D eigenvalue weighted by Gasteiger charge is -2.07. The number of aromatic nitrogens is 3. The maximum absolute atomic E-state index is 11.7. The van der Waals surface area contributed by atoms with Gasteiger partial charge in [0, 0.05) is 16.9 Å². The summed E-state index contributed by atoms with van der Waals surface area (Å²) in [4.78, 5) is 24.4. The van der Waals surface area contributed by atoms with Crippen LogP contribution in [0.1, 0.15) is 23.0 Å². The Morgan fingerprint density at radius 3 is 2.75 bits per heavy atom. The highest BCUT2D eigenvalue weighted by Crippen LogP contribution is 2.18. The van der Waals surface area contributed by atoms with E-state index in [1.54, 1.807) is 19.2 Å². The van der Waals surface area contributed by atoms with Gasteiger partial charge < -0.3 is 4.74 Å². The topological polar surface area (TPSA) is 65.0 Å². The Bertz CT molecular complexity index is 620. The lowest BCUT2D eigenvalue weighted by Crippen LogP contribution is -2.10. The van der Waals surface area contributed by atoms with E-state index in [4.69, 9.17) is 16.3 Å². The van der Waals surface area contributed by atoms with Crippen LogP contribution >= 0.6 is 27.5 Å². The minimum Gasteiger partial charge on any atom is -0.462 e. The Morgan fingerprint density at radius 1 is 1.35 bits per heavy atom. The number of hydrogen-bond donors (Lipinski definition) is 0. The molecule has 0 saturated heterocycles. The van der Waals surface area contributed by atoms with Crippen LogP contribution in [0.15, 0.2) is 29.0 Å². The van der Waals surface area contributed by atoms with E-state index >= 15 is 0 Å². The molecule has 0 spiro atoms. The van der Waals surface area contributed by atoms with Crippen LogP contribution in [0.3, 0.4) is 0 Å². The molecule has 0 unspecified atom stereocenters. The van der Waals surface area contributed by atoms with Gasteiger partial charge in [-0.1, -0.05) is 0 Å². The van der Waals surface area contributed by atoms with E-state index < -0.39 is 5.97 Å². The van der Waals surface area contributed by atoms with E-state index in [-0.39, 0.29) is 18.1 Å². The summed E-state index contributed by atoms with van der Waals surface area (Å²) in [6, 6.07) is 3.62. The van der Waals surface area contributed by atoms with Gasteiger partial charge in [-0.3, -0.25) is 4.98 Å². The van der Waals surface area contributed by atoms with Gasteiger partial charge in [0.25, 0.3) is 0 Å². The van der Waals surface area contributed by atoms with E-state index in [2.05, 4.69) is 30.9 Å². The predicted molar refractivity (Wildman–Crippen MR) is 78.5 cm³/mol. The van der Waals surface area contributed by atoms with Gasteiger partial charge in [-0.15, -0.1) is 11.6 Å². The van der Waals surface area contributed by atoms with Crippen LogP contribution < -0.4 is 0 Å². The molecule has 0 aromatic carbocycles. The Labute approximate surface area is 129 Å². The number of rotatable bonds is 4. The molecule has 0 aliphatic rings. The molecule has 0 aliphatic heterocycles. The van der Waals surface area contributed by atoms with E-state index in [1.165, 1.54) is 6.20 Å². The van der Waals surface area contributed by atoms with Crippen LogP contribution in [0.5, 0.6) is 0 Å². The zero-order chi connectivity index (χ0) is 14.5. The van der Waals surface area contributed by atoms with Crippen LogP contribution in [-0.2, 0) is 10.6 Å². The van der Waals surface area contributed by atoms with Crippen LogP contribution in [-0.4, -0.2) is 27.5 Å². The second kappa shape index (κ2) is 6.76. The maximum Gasteiger partial charge on any atom is 0.341 e. The zero-order valence-corrected chi connectivity index (χ0v) is 13.0. The third kappa shape index (κ3) is 3.32. The summed E-state index contributed by atoms with van der Waals surface area (Å²) in [5, 5.41) is 0. The largest absolute Gasteiger partial charge is 0.462 e. The van der Waals surface area contributed by atoms with Gasteiger partial charge in [0.2, 0.25) is 0 Å². The van der Waals surface area contributed by atoms with Crippen molar-refractivity contribution in [1.82, 2.24) is 15.0 Å². The summed E-state index contributed by atoms with van der Waals surface area (Å²) < 4.78 is 5.80. The lowest BCUT2D eigenvalue weighted by atomic mass is 10.2. The number of esters is 1. The average molecular weight is 357 g/mol. The second-order valence-corrected chi connectivity index (χ2v) is 4.95. The van der Waals surface area contributed by atoms with Crippen LogP contribution in [0.25, 0.3) is 11.5 Å². The number of alkyl halides is 1. The standard InChI is InChI=1S/C13H11BrClN3O2/c1-2-20-13(19)9-7-17-12(18-11(9)5-15)10-4-3-8(14)6-16-10/h3-4,6-7H,2,5H2,1H3. The molecule has 2 heterocycles. The maximum atomic E-state index is 11.7. The van der Waals surface area contributed by atoms with Crippen molar-refractivity contribution < 1.29 is 9.53 Å². The lowest BCUT2D eigenvalue weighted by molar-refractivity contribution is 0.0524. The Hall–Kier alpha value is -1.53. The fraction of sp³-hybridized carbons (Fsp3) is 0.231. The van der Waals surface area contributed by atoms with Gasteiger partial charge in [-0.2, -0.15) is 0 Å². The monoisotopic (exact) mass is 355 g/mol. The van der Waals surface area contributed by atoms with Crippen molar-refractivity contribution in [2.45, 2.75) is 12.8 Å². The number of hydrogen-bond acceptors (Lipinski definition) is 5. The molecule has 0 N–H and O–H groups in total. The molecule has 20 heavy (non-hydrogen) atoms. The van der Waals surface area contributed by atoms with Crippen molar-refractivity contribution in [2.24, 2.45) is 0 Å². The molecule has 7 heteroatoms. The summed E-state index contributed by atoms with van der Waals surface area (Å²) in [5.74, 6) is 0.0415. The Morgan fingerprint density at radius 2 is 2.15 bits per heavy atom. The van der Waals surface area contributed by atoms with Gasteiger partial charge in [-0.25, -0.2) is 14.8 Å². The van der Waals surface area contributed by atoms with Crippen molar-refractivity contribution in [3.63, 3.8) is 0 Å². The molecule has 5 nitrogen and oxygen atoms in total. The number of halogens is 2. The summed E-state index contributed by atoms with van der Waals surface area (Å²) in [6.07, 6.45) is 3.07. The van der Waals surface area contributed by atoms with Crippen molar-refractivity contribution >= 4 is 33.5 Å². The first-order chi connectivity index (χ1) is 9.65. The quantitative estimate of drug-likeness (QED) is 0.621. The van der Waals surface area contributed by atoms with E-state index in [0.29, 0.717) is 17.2 Å². The molecule has 0 bridgehead atoms. The highest BCUT2D eigenvalue weighted by molar-refractivity contribution is 9.10. The summed E-state index contributed by atoms with van der Waals surface area (Å²) >= 11 is 9.14. The molecule has 0 amide bonds. The fourth-order valence-corrected chi connectivity index (χ4v) is 1.97. The van der Waals surface area contributed by atoms with Crippen LogP contribution in [0.2, 0.25) is 0 Å². The Kier molecular flexibility index (Phi) is 5.03. The van der Waals surface area contributed by atoms with Crippen LogP contribution in [0.4, 0.5) is 0 Å². The molecule has 104 valence electrons. The number of pyridine rings is 1. The summed E-state index contributed by atoms with van der Waals surface area (Å²) in [7, 11) is 0. The number of ether oxygens (including phenoxy) is 1. The number of carbonyl (C=O) groups excluding carboxylic acids is 1. The first kappa shape index (κ1) is 14.9. The van der Waals surface area contributed by atoms with E-state index in [1.807, 2.05) is 6.07 Å². The van der Waals surface area contributed by atoms with Gasteiger partial charge >= 0.3 is 5.97 Å². The Balaban J connectivity index is 2.38. The van der Waals surface area contributed by atoms with E-state index in [9.17, 15) is 4.79 Å². The third-order valence-corrected chi connectivity index (χ3v) is 3.17.